The average Bonchev–Trinajstić information content (AvgIpc) is 2.78. The fraction of sp³-hybridized carbons (Fsp3) is 0. The molecule has 5 heteroatoms. The Labute approximate surface area is 117 Å². The molecule has 0 aliphatic heterocycles. The van der Waals surface area contributed by atoms with E-state index in [-0.39, 0.29) is 0 Å². The lowest BCUT2D eigenvalue weighted by Gasteiger charge is -1.99. The van der Waals surface area contributed by atoms with Gasteiger partial charge in [0.15, 0.2) is 5.58 Å². The molecule has 0 aliphatic rings. The van der Waals surface area contributed by atoms with E-state index >= 15 is 0 Å². The zero-order valence-corrected chi connectivity index (χ0v) is 11.5. The maximum absolute atomic E-state index is 5.89. The maximum Gasteiger partial charge on any atom is 0.227 e. The van der Waals surface area contributed by atoms with Crippen molar-refractivity contribution in [2.75, 3.05) is 5.73 Å². The number of fused-ring (bicyclic) bond motifs is 1. The van der Waals surface area contributed by atoms with Gasteiger partial charge in [0.1, 0.15) is 5.52 Å². The van der Waals surface area contributed by atoms with Crippen molar-refractivity contribution < 1.29 is 4.42 Å². The molecule has 0 saturated carbocycles. The third-order valence-electron chi connectivity index (χ3n) is 2.61. The monoisotopic (exact) mass is 322 g/mol. The third-order valence-corrected chi connectivity index (χ3v) is 3.58. The van der Waals surface area contributed by atoms with Crippen LogP contribution in [0.1, 0.15) is 0 Å². The van der Waals surface area contributed by atoms with E-state index in [9.17, 15) is 0 Å². The lowest BCUT2D eigenvalue weighted by atomic mass is 10.2. The molecule has 18 heavy (non-hydrogen) atoms. The average molecular weight is 324 g/mol. The predicted molar refractivity (Wildman–Crippen MR) is 76.6 cm³/mol. The van der Waals surface area contributed by atoms with Gasteiger partial charge < -0.3 is 10.2 Å². The van der Waals surface area contributed by atoms with E-state index in [2.05, 4.69) is 20.9 Å². The first-order valence-corrected chi connectivity index (χ1v) is 6.43. The number of aromatic nitrogens is 1. The van der Waals surface area contributed by atoms with Gasteiger partial charge in [0.25, 0.3) is 0 Å². The van der Waals surface area contributed by atoms with Crippen LogP contribution in [0.25, 0.3) is 22.6 Å². The molecule has 1 heterocycles. The third kappa shape index (κ3) is 1.87. The Morgan fingerprint density at radius 3 is 2.78 bits per heavy atom. The van der Waals surface area contributed by atoms with Crippen molar-refractivity contribution in [3.63, 3.8) is 0 Å². The molecule has 0 radical (unpaired) electrons. The molecule has 0 bridgehead atoms. The van der Waals surface area contributed by atoms with Crippen molar-refractivity contribution >= 4 is 44.3 Å². The standard InChI is InChI=1S/C13H8BrClN2O/c14-8-2-1-3-11-12(8)18-13(17-11)7-4-5-9(15)10(16)6-7/h1-6H,16H2. The van der Waals surface area contributed by atoms with Gasteiger partial charge in [-0.05, 0) is 46.3 Å². The molecule has 3 rings (SSSR count). The second-order valence-electron chi connectivity index (χ2n) is 3.84. The zero-order chi connectivity index (χ0) is 12.7. The first kappa shape index (κ1) is 11.6. The number of para-hydroxylation sites is 1. The maximum atomic E-state index is 5.89. The first-order chi connectivity index (χ1) is 8.65. The van der Waals surface area contributed by atoms with Gasteiger partial charge in [-0.2, -0.15) is 0 Å². The van der Waals surface area contributed by atoms with Crippen molar-refractivity contribution in [1.82, 2.24) is 4.98 Å². The summed E-state index contributed by atoms with van der Waals surface area (Å²) in [5.74, 6) is 0.528. The second-order valence-corrected chi connectivity index (χ2v) is 5.10. The summed E-state index contributed by atoms with van der Waals surface area (Å²) >= 11 is 9.32. The topological polar surface area (TPSA) is 52.0 Å². The Balaban J connectivity index is 2.19. The highest BCUT2D eigenvalue weighted by Crippen LogP contribution is 2.31. The summed E-state index contributed by atoms with van der Waals surface area (Å²) in [7, 11) is 0. The number of hydrogen-bond acceptors (Lipinski definition) is 3. The quantitative estimate of drug-likeness (QED) is 0.671. The molecule has 1 aromatic heterocycles. The van der Waals surface area contributed by atoms with E-state index in [1.165, 1.54) is 0 Å². The van der Waals surface area contributed by atoms with E-state index in [1.807, 2.05) is 24.3 Å². The van der Waals surface area contributed by atoms with Gasteiger partial charge in [0.05, 0.1) is 15.2 Å². The van der Waals surface area contributed by atoms with E-state index in [1.54, 1.807) is 12.1 Å². The molecule has 90 valence electrons. The lowest BCUT2D eigenvalue weighted by molar-refractivity contribution is 0.618. The van der Waals surface area contributed by atoms with Gasteiger partial charge in [0.2, 0.25) is 5.89 Å². The Kier molecular flexibility index (Phi) is 2.76. The van der Waals surface area contributed by atoms with Crippen molar-refractivity contribution in [2.24, 2.45) is 0 Å². The van der Waals surface area contributed by atoms with E-state index < -0.39 is 0 Å². The number of nitrogen functional groups attached to an aromatic ring is 1. The summed E-state index contributed by atoms with van der Waals surface area (Å²) in [5.41, 5.74) is 8.61. The molecule has 0 fully saturated rings. The van der Waals surface area contributed by atoms with Crippen LogP contribution < -0.4 is 5.73 Å². The fourth-order valence-electron chi connectivity index (χ4n) is 1.72. The first-order valence-electron chi connectivity index (χ1n) is 5.25. The highest BCUT2D eigenvalue weighted by atomic mass is 79.9. The Morgan fingerprint density at radius 1 is 1.22 bits per heavy atom. The summed E-state index contributed by atoms with van der Waals surface area (Å²) in [6, 6.07) is 11.0. The highest BCUT2D eigenvalue weighted by Gasteiger charge is 2.11. The second kappa shape index (κ2) is 4.30. The van der Waals surface area contributed by atoms with Gasteiger partial charge in [-0.25, -0.2) is 4.98 Å². The van der Waals surface area contributed by atoms with Crippen LogP contribution in [0.4, 0.5) is 5.69 Å². The molecular weight excluding hydrogens is 316 g/mol. The summed E-state index contributed by atoms with van der Waals surface area (Å²) in [6.45, 7) is 0. The fourth-order valence-corrected chi connectivity index (χ4v) is 2.27. The Hall–Kier alpha value is -1.52. The van der Waals surface area contributed by atoms with E-state index in [0.29, 0.717) is 16.6 Å². The number of nitrogens with zero attached hydrogens (tertiary/aromatic N) is 1. The highest BCUT2D eigenvalue weighted by molar-refractivity contribution is 9.10. The number of hydrogen-bond donors (Lipinski definition) is 1. The molecule has 2 N–H and O–H groups in total. The number of anilines is 1. The minimum atomic E-state index is 0.510. The number of halogens is 2. The molecule has 0 amide bonds. The van der Waals surface area contributed by atoms with Gasteiger partial charge in [-0.1, -0.05) is 17.7 Å². The van der Waals surface area contributed by atoms with Crippen molar-refractivity contribution in [3.05, 3.63) is 45.9 Å². The molecule has 0 spiro atoms. The normalized spacial score (nSPS) is 11.0. The van der Waals surface area contributed by atoms with Crippen LogP contribution in [0, 0.1) is 0 Å². The molecule has 0 atom stereocenters. The number of benzene rings is 2. The van der Waals surface area contributed by atoms with E-state index in [4.69, 9.17) is 21.8 Å². The molecule has 0 aliphatic carbocycles. The van der Waals surface area contributed by atoms with Crippen molar-refractivity contribution in [3.8, 4) is 11.5 Å². The van der Waals surface area contributed by atoms with Gasteiger partial charge in [-0.15, -0.1) is 0 Å². The van der Waals surface area contributed by atoms with E-state index in [0.717, 1.165) is 21.1 Å². The molecule has 2 aromatic carbocycles. The zero-order valence-electron chi connectivity index (χ0n) is 9.15. The SMILES string of the molecule is Nc1cc(-c2nc3cccc(Br)c3o2)ccc1Cl. The summed E-state index contributed by atoms with van der Waals surface area (Å²) in [6.07, 6.45) is 0. The molecule has 0 saturated heterocycles. The predicted octanol–water partition coefficient (Wildman–Crippen LogP) is 4.49. The lowest BCUT2D eigenvalue weighted by Crippen LogP contribution is -1.87. The Morgan fingerprint density at radius 2 is 2.06 bits per heavy atom. The number of rotatable bonds is 1. The molecular formula is C13H8BrClN2O. The van der Waals surface area contributed by atoms with Crippen LogP contribution in [0.15, 0.2) is 45.3 Å². The van der Waals surface area contributed by atoms with Crippen LogP contribution in [-0.2, 0) is 0 Å². The van der Waals surface area contributed by atoms with Crippen molar-refractivity contribution in [1.29, 1.82) is 0 Å². The van der Waals surface area contributed by atoms with Gasteiger partial charge >= 0.3 is 0 Å². The van der Waals surface area contributed by atoms with Crippen LogP contribution in [0.5, 0.6) is 0 Å². The smallest absolute Gasteiger partial charge is 0.227 e. The van der Waals surface area contributed by atoms with Gasteiger partial charge in [0, 0.05) is 5.56 Å². The minimum absolute atomic E-state index is 0.510. The summed E-state index contributed by atoms with van der Waals surface area (Å²) in [4.78, 5) is 4.42. The summed E-state index contributed by atoms with van der Waals surface area (Å²) in [5, 5.41) is 0.524. The molecule has 0 unspecified atom stereocenters. The molecule has 3 aromatic rings. The van der Waals surface area contributed by atoms with Gasteiger partial charge in [-0.3, -0.25) is 0 Å². The largest absolute Gasteiger partial charge is 0.435 e. The Bertz CT molecular complexity index is 739. The van der Waals surface area contributed by atoms with Crippen LogP contribution in [-0.4, -0.2) is 4.98 Å². The summed E-state index contributed by atoms with van der Waals surface area (Å²) < 4.78 is 6.60. The number of oxazole rings is 1. The van der Waals surface area contributed by atoms with Crippen LogP contribution in [0.2, 0.25) is 5.02 Å². The molecule has 3 nitrogen and oxygen atoms in total. The van der Waals surface area contributed by atoms with Crippen LogP contribution in [0.3, 0.4) is 0 Å². The minimum Gasteiger partial charge on any atom is -0.435 e. The number of nitrogens with two attached hydrogens (primary N) is 1. The van der Waals surface area contributed by atoms with Crippen molar-refractivity contribution in [2.45, 2.75) is 0 Å². The van der Waals surface area contributed by atoms with Crippen LogP contribution >= 0.6 is 27.5 Å².